The van der Waals surface area contributed by atoms with Gasteiger partial charge in [-0.1, -0.05) is 36.4 Å². The number of hydrogen-bond donors (Lipinski definition) is 2. The molecule has 26 heavy (non-hydrogen) atoms. The number of hydrogen-bond acceptors (Lipinski definition) is 4. The highest BCUT2D eigenvalue weighted by Gasteiger charge is 2.32. The molecule has 132 valence electrons. The van der Waals surface area contributed by atoms with Gasteiger partial charge in [0.25, 0.3) is 0 Å². The quantitative estimate of drug-likeness (QED) is 0.759. The number of aromatic nitrogens is 3. The average molecular weight is 349 g/mol. The molecule has 1 aliphatic rings. The average Bonchev–Trinajstić information content (AvgIpc) is 3.25. The van der Waals surface area contributed by atoms with Crippen LogP contribution in [-0.4, -0.2) is 26.9 Å². The van der Waals surface area contributed by atoms with E-state index in [0.29, 0.717) is 6.54 Å². The van der Waals surface area contributed by atoms with E-state index in [9.17, 15) is 4.79 Å². The normalized spacial score (nSPS) is 18.0. The van der Waals surface area contributed by atoms with E-state index < -0.39 is 0 Å². The molecule has 0 saturated heterocycles. The van der Waals surface area contributed by atoms with Gasteiger partial charge in [-0.2, -0.15) is 5.10 Å². The smallest absolute Gasteiger partial charge is 0.319 e. The first-order valence-electron chi connectivity index (χ1n) is 8.44. The fraction of sp³-hybridized carbons (Fsp3) is 0.211. The van der Waals surface area contributed by atoms with Crippen molar-refractivity contribution < 1.29 is 9.53 Å². The molecular formula is C19H19N5O2. The number of amides is 2. The fourth-order valence-corrected chi connectivity index (χ4v) is 3.13. The summed E-state index contributed by atoms with van der Waals surface area (Å²) in [5.41, 5.74) is 2.68. The third-order valence-electron chi connectivity index (χ3n) is 4.39. The van der Waals surface area contributed by atoms with Crippen molar-refractivity contribution in [1.29, 1.82) is 0 Å². The second-order valence-electron chi connectivity index (χ2n) is 6.19. The number of fused-ring (bicyclic) bond motifs is 1. The Bertz CT molecular complexity index is 910. The van der Waals surface area contributed by atoms with Gasteiger partial charge in [-0.25, -0.2) is 14.5 Å². The molecule has 7 heteroatoms. The first-order valence-corrected chi connectivity index (χ1v) is 8.44. The SMILES string of the molecule is C[C@H]1Oc2ccccc2[C@@H]1NC(=O)Nc1ccccc1Cn1cncn1. The van der Waals surface area contributed by atoms with Gasteiger partial charge in [-0.05, 0) is 24.6 Å². The van der Waals surface area contributed by atoms with Gasteiger partial charge < -0.3 is 15.4 Å². The van der Waals surface area contributed by atoms with Gasteiger partial charge in [0.15, 0.2) is 0 Å². The predicted octanol–water partition coefficient (Wildman–Crippen LogP) is 2.97. The van der Waals surface area contributed by atoms with Crippen LogP contribution in [0.2, 0.25) is 0 Å². The Morgan fingerprint density at radius 1 is 1.19 bits per heavy atom. The third kappa shape index (κ3) is 3.23. The van der Waals surface area contributed by atoms with E-state index in [4.69, 9.17) is 4.74 Å². The van der Waals surface area contributed by atoms with Gasteiger partial charge in [0, 0.05) is 11.3 Å². The molecule has 2 aromatic carbocycles. The fourth-order valence-electron chi connectivity index (χ4n) is 3.13. The van der Waals surface area contributed by atoms with Crippen LogP contribution in [0.5, 0.6) is 5.75 Å². The van der Waals surface area contributed by atoms with Gasteiger partial charge in [0.05, 0.1) is 12.6 Å². The lowest BCUT2D eigenvalue weighted by Gasteiger charge is -2.18. The molecule has 0 bridgehead atoms. The van der Waals surface area contributed by atoms with Crippen molar-refractivity contribution in [2.75, 3.05) is 5.32 Å². The number of carbonyl (C=O) groups is 1. The summed E-state index contributed by atoms with van der Waals surface area (Å²) in [6.45, 7) is 2.48. The number of para-hydroxylation sites is 2. The summed E-state index contributed by atoms with van der Waals surface area (Å²) >= 11 is 0. The van der Waals surface area contributed by atoms with E-state index in [2.05, 4.69) is 20.7 Å². The van der Waals surface area contributed by atoms with E-state index in [-0.39, 0.29) is 18.2 Å². The Hall–Kier alpha value is -3.35. The third-order valence-corrected chi connectivity index (χ3v) is 4.39. The second kappa shape index (κ2) is 6.87. The monoisotopic (exact) mass is 349 g/mol. The number of rotatable bonds is 4. The molecule has 1 aromatic heterocycles. The minimum Gasteiger partial charge on any atom is -0.488 e. The Morgan fingerprint density at radius 2 is 2.00 bits per heavy atom. The number of nitrogens with one attached hydrogen (secondary N) is 2. The van der Waals surface area contributed by atoms with Crippen LogP contribution in [0, 0.1) is 0 Å². The van der Waals surface area contributed by atoms with Crippen molar-refractivity contribution in [2.45, 2.75) is 25.6 Å². The van der Waals surface area contributed by atoms with Crippen molar-refractivity contribution >= 4 is 11.7 Å². The molecule has 7 nitrogen and oxygen atoms in total. The van der Waals surface area contributed by atoms with Crippen molar-refractivity contribution in [1.82, 2.24) is 20.1 Å². The Kier molecular flexibility index (Phi) is 4.27. The molecule has 4 rings (SSSR count). The zero-order valence-electron chi connectivity index (χ0n) is 14.3. The number of nitrogens with zero attached hydrogens (tertiary/aromatic N) is 3. The van der Waals surface area contributed by atoms with Crippen molar-refractivity contribution in [3.05, 3.63) is 72.3 Å². The Labute approximate surface area is 151 Å². The summed E-state index contributed by atoms with van der Waals surface area (Å²) in [6, 6.07) is 14.9. The Morgan fingerprint density at radius 3 is 2.85 bits per heavy atom. The van der Waals surface area contributed by atoms with Crippen molar-refractivity contribution in [2.24, 2.45) is 0 Å². The number of urea groups is 1. The molecule has 1 aliphatic heterocycles. The topological polar surface area (TPSA) is 81.1 Å². The molecule has 2 amide bonds. The maximum atomic E-state index is 12.6. The molecule has 2 heterocycles. The maximum absolute atomic E-state index is 12.6. The lowest BCUT2D eigenvalue weighted by atomic mass is 10.1. The standard InChI is InChI=1S/C19H19N5O2/c1-13-18(15-7-3-5-9-17(15)26-13)23-19(25)22-16-8-4-2-6-14(16)10-24-12-20-11-21-24/h2-9,11-13,18H,10H2,1H3,(H2,22,23,25)/t13-,18-/m1/s1. The van der Waals surface area contributed by atoms with Gasteiger partial charge in [-0.15, -0.1) is 0 Å². The van der Waals surface area contributed by atoms with Crippen molar-refractivity contribution in [3.8, 4) is 5.75 Å². The summed E-state index contributed by atoms with van der Waals surface area (Å²) < 4.78 is 7.51. The zero-order chi connectivity index (χ0) is 17.9. The predicted molar refractivity (Wildman–Crippen MR) is 97.0 cm³/mol. The van der Waals surface area contributed by atoms with Crippen LogP contribution in [0.1, 0.15) is 24.1 Å². The lowest BCUT2D eigenvalue weighted by molar-refractivity contribution is 0.204. The molecule has 2 atom stereocenters. The molecule has 0 spiro atoms. The summed E-state index contributed by atoms with van der Waals surface area (Å²) in [7, 11) is 0. The molecule has 2 N–H and O–H groups in total. The highest BCUT2D eigenvalue weighted by atomic mass is 16.5. The number of anilines is 1. The van der Waals surface area contributed by atoms with Gasteiger partial charge >= 0.3 is 6.03 Å². The molecule has 3 aromatic rings. The first-order chi connectivity index (χ1) is 12.7. The molecule has 0 unspecified atom stereocenters. The van der Waals surface area contributed by atoms with Crippen LogP contribution in [0.3, 0.4) is 0 Å². The van der Waals surface area contributed by atoms with E-state index in [0.717, 1.165) is 22.6 Å². The van der Waals surface area contributed by atoms with Crippen LogP contribution < -0.4 is 15.4 Å². The van der Waals surface area contributed by atoms with Gasteiger partial charge in [0.2, 0.25) is 0 Å². The minimum atomic E-state index is -0.270. The number of carbonyl (C=O) groups excluding carboxylic acids is 1. The van der Waals surface area contributed by atoms with Crippen molar-refractivity contribution in [3.63, 3.8) is 0 Å². The summed E-state index contributed by atoms with van der Waals surface area (Å²) in [5, 5.41) is 10.1. The van der Waals surface area contributed by atoms with E-state index in [1.807, 2.05) is 55.5 Å². The lowest BCUT2D eigenvalue weighted by Crippen LogP contribution is -2.37. The Balaban J connectivity index is 1.47. The largest absolute Gasteiger partial charge is 0.488 e. The number of benzene rings is 2. The van der Waals surface area contributed by atoms with Crippen LogP contribution in [-0.2, 0) is 6.54 Å². The molecule has 0 fully saturated rings. The van der Waals surface area contributed by atoms with E-state index in [1.54, 1.807) is 11.0 Å². The summed E-state index contributed by atoms with van der Waals surface area (Å²) in [4.78, 5) is 16.5. The van der Waals surface area contributed by atoms with Gasteiger partial charge in [-0.3, -0.25) is 0 Å². The van der Waals surface area contributed by atoms with E-state index >= 15 is 0 Å². The number of ether oxygens (including phenoxy) is 1. The second-order valence-corrected chi connectivity index (χ2v) is 6.19. The molecule has 0 aliphatic carbocycles. The van der Waals surface area contributed by atoms with E-state index in [1.165, 1.54) is 6.33 Å². The zero-order valence-corrected chi connectivity index (χ0v) is 14.3. The molecule has 0 radical (unpaired) electrons. The van der Waals surface area contributed by atoms with Crippen LogP contribution >= 0.6 is 0 Å². The van der Waals surface area contributed by atoms with Crippen LogP contribution in [0.4, 0.5) is 10.5 Å². The minimum absolute atomic E-state index is 0.122. The highest BCUT2D eigenvalue weighted by molar-refractivity contribution is 5.90. The summed E-state index contributed by atoms with van der Waals surface area (Å²) in [5.74, 6) is 0.817. The maximum Gasteiger partial charge on any atom is 0.319 e. The molecular weight excluding hydrogens is 330 g/mol. The van der Waals surface area contributed by atoms with Crippen LogP contribution in [0.25, 0.3) is 0 Å². The van der Waals surface area contributed by atoms with Gasteiger partial charge in [0.1, 0.15) is 24.5 Å². The highest BCUT2D eigenvalue weighted by Crippen LogP contribution is 2.36. The summed E-state index contributed by atoms with van der Waals surface area (Å²) in [6.07, 6.45) is 3.01. The molecule has 0 saturated carbocycles. The first kappa shape index (κ1) is 16.1. The van der Waals surface area contributed by atoms with Crippen LogP contribution in [0.15, 0.2) is 61.2 Å².